The molecule has 1 unspecified atom stereocenters. The van der Waals surface area contributed by atoms with Crippen LogP contribution in [-0.2, 0) is 0 Å². The number of hydrogen-bond donors (Lipinski definition) is 0. The molecule has 0 amide bonds. The van der Waals surface area contributed by atoms with Crippen LogP contribution < -0.4 is 0 Å². The number of rotatable bonds is 11. The van der Waals surface area contributed by atoms with Gasteiger partial charge < -0.3 is 0 Å². The fraction of sp³-hybridized carbons (Fsp3) is 0.905. The Morgan fingerprint density at radius 1 is 0.870 bits per heavy atom. The third-order valence-corrected chi connectivity index (χ3v) is 23.1. The molecule has 1 atom stereocenters. The molecule has 0 bridgehead atoms. The first-order valence-electron chi connectivity index (χ1n) is 10.7. The van der Waals surface area contributed by atoms with Crippen LogP contribution >= 0.6 is 0 Å². The van der Waals surface area contributed by atoms with Crippen molar-refractivity contribution >= 4 is 18.4 Å². The normalized spacial score (nSPS) is 22.7. The Bertz CT molecular complexity index is 337. The van der Waals surface area contributed by atoms with Crippen molar-refractivity contribution in [1.82, 2.24) is 4.90 Å². The van der Waals surface area contributed by atoms with Crippen molar-refractivity contribution in [3.63, 3.8) is 0 Å². The monoisotopic (exact) mass is 427 g/mol. The topological polar surface area (TPSA) is 3.01 Å². The molecule has 1 heterocycles. The molecule has 0 aromatic carbocycles. The second-order valence-corrected chi connectivity index (χ2v) is 21.9. The molecule has 134 valence electrons. The molecule has 23 heavy (non-hydrogen) atoms. The zero-order chi connectivity index (χ0) is 16.7. The second kappa shape index (κ2) is 9.73. The van der Waals surface area contributed by atoms with Gasteiger partial charge in [-0.1, -0.05) is 0 Å². The summed E-state index contributed by atoms with van der Waals surface area (Å²) >= 11 is -2.10. The fourth-order valence-electron chi connectivity index (χ4n) is 5.08. The summed E-state index contributed by atoms with van der Waals surface area (Å²) in [5.41, 5.74) is 1.59. The van der Waals surface area contributed by atoms with Crippen LogP contribution in [0.15, 0.2) is 12.3 Å². The van der Waals surface area contributed by atoms with E-state index in [4.69, 9.17) is 0 Å². The first-order chi connectivity index (χ1) is 11.2. The minimum absolute atomic E-state index is 0.877. The summed E-state index contributed by atoms with van der Waals surface area (Å²) in [4.78, 5) is 2.87. The van der Waals surface area contributed by atoms with E-state index in [1.165, 1.54) is 70.6 Å². The van der Waals surface area contributed by atoms with Gasteiger partial charge in [-0.25, -0.2) is 0 Å². The van der Waals surface area contributed by atoms with E-state index >= 15 is 0 Å². The van der Waals surface area contributed by atoms with Gasteiger partial charge in [0.2, 0.25) is 0 Å². The molecule has 1 saturated heterocycles. The van der Waals surface area contributed by atoms with Crippen LogP contribution in [0, 0.1) is 0 Å². The Labute approximate surface area is 150 Å². The zero-order valence-corrected chi connectivity index (χ0v) is 19.1. The van der Waals surface area contributed by atoms with Crippen molar-refractivity contribution in [2.45, 2.75) is 115 Å². The Morgan fingerprint density at radius 2 is 1.35 bits per heavy atom. The molecule has 0 aromatic rings. The maximum atomic E-state index is 4.57. The fourth-order valence-corrected chi connectivity index (χ4v) is 23.6. The molecule has 0 aromatic heterocycles. The molecule has 1 aliphatic heterocycles. The third kappa shape index (κ3) is 4.92. The Morgan fingerprint density at radius 3 is 1.78 bits per heavy atom. The predicted molar refractivity (Wildman–Crippen MR) is 107 cm³/mol. The molecule has 1 aliphatic carbocycles. The molecular weight excluding hydrogens is 385 g/mol. The van der Waals surface area contributed by atoms with Gasteiger partial charge in [0.1, 0.15) is 0 Å². The molecule has 2 rings (SSSR count). The summed E-state index contributed by atoms with van der Waals surface area (Å²) in [6.45, 7) is 11.7. The number of hydrogen-bond acceptors (Lipinski definition) is 1. The molecule has 2 heteroatoms. The molecule has 0 spiro atoms. The van der Waals surface area contributed by atoms with Crippen LogP contribution in [0.5, 0.6) is 0 Å². The quantitative estimate of drug-likeness (QED) is 0.256. The predicted octanol–water partition coefficient (Wildman–Crippen LogP) is 6.91. The zero-order valence-electron chi connectivity index (χ0n) is 16.2. The van der Waals surface area contributed by atoms with Gasteiger partial charge in [0, 0.05) is 0 Å². The third-order valence-electron chi connectivity index (χ3n) is 6.49. The van der Waals surface area contributed by atoms with Crippen LogP contribution in [0.4, 0.5) is 0 Å². The van der Waals surface area contributed by atoms with Crippen LogP contribution in [0.3, 0.4) is 0 Å². The molecule has 1 nitrogen and oxygen atoms in total. The number of unbranched alkanes of at least 4 members (excludes halogenated alkanes) is 3. The standard InChI is InChI=1S/C9H14N.3C4H9.Sn/c1-8-7-10(8)9-5-3-2-4-6-9;3*1-3-4-2;/h7,9H,1-6H2;3*1,3-4H2,2H3;. The van der Waals surface area contributed by atoms with E-state index in [0.29, 0.717) is 0 Å². The molecule has 2 aliphatic rings. The SMILES string of the molecule is C=C1[CH]([Sn]([CH2]CCC)([CH2]CCC)[CH2]CCC)N1C1CCCCC1. The van der Waals surface area contributed by atoms with Gasteiger partial charge in [0.25, 0.3) is 0 Å². The van der Waals surface area contributed by atoms with E-state index in [1.807, 2.05) is 0 Å². The second-order valence-electron chi connectivity index (χ2n) is 8.27. The molecule has 0 N–H and O–H groups in total. The minimum atomic E-state index is -2.10. The van der Waals surface area contributed by atoms with Gasteiger partial charge in [-0.3, -0.25) is 0 Å². The van der Waals surface area contributed by atoms with Crippen molar-refractivity contribution in [2.75, 3.05) is 0 Å². The van der Waals surface area contributed by atoms with Gasteiger partial charge >= 0.3 is 150 Å². The Kier molecular flexibility index (Phi) is 8.31. The average molecular weight is 426 g/mol. The van der Waals surface area contributed by atoms with E-state index in [0.717, 1.165) is 10.1 Å². The van der Waals surface area contributed by atoms with Crippen LogP contribution in [0.25, 0.3) is 0 Å². The van der Waals surface area contributed by atoms with E-state index < -0.39 is 18.4 Å². The van der Waals surface area contributed by atoms with E-state index in [9.17, 15) is 0 Å². The molecular formula is C21H41NSn. The van der Waals surface area contributed by atoms with Gasteiger partial charge in [-0.05, 0) is 0 Å². The first-order valence-corrected chi connectivity index (χ1v) is 18.4. The maximum absolute atomic E-state index is 4.57. The van der Waals surface area contributed by atoms with Crippen LogP contribution in [0.1, 0.15) is 91.4 Å². The van der Waals surface area contributed by atoms with E-state index in [1.54, 1.807) is 19.0 Å². The van der Waals surface area contributed by atoms with E-state index in [2.05, 4.69) is 32.3 Å². The first kappa shape index (κ1) is 19.7. The summed E-state index contributed by atoms with van der Waals surface area (Å²) in [7, 11) is 0. The Balaban J connectivity index is 2.11. The van der Waals surface area contributed by atoms with E-state index in [-0.39, 0.29) is 0 Å². The summed E-state index contributed by atoms with van der Waals surface area (Å²) in [6, 6.07) is 0.877. The van der Waals surface area contributed by atoms with Gasteiger partial charge in [-0.2, -0.15) is 0 Å². The van der Waals surface area contributed by atoms with Gasteiger partial charge in [-0.15, -0.1) is 0 Å². The van der Waals surface area contributed by atoms with Gasteiger partial charge in [0.05, 0.1) is 0 Å². The molecule has 2 fully saturated rings. The van der Waals surface area contributed by atoms with Crippen LogP contribution in [0.2, 0.25) is 13.3 Å². The summed E-state index contributed by atoms with van der Waals surface area (Å²) in [5, 5.41) is 0. The van der Waals surface area contributed by atoms with Crippen molar-refractivity contribution in [3.8, 4) is 0 Å². The van der Waals surface area contributed by atoms with Crippen molar-refractivity contribution in [1.29, 1.82) is 0 Å². The van der Waals surface area contributed by atoms with Gasteiger partial charge in [0.15, 0.2) is 0 Å². The van der Waals surface area contributed by atoms with Crippen molar-refractivity contribution < 1.29 is 0 Å². The van der Waals surface area contributed by atoms with Crippen molar-refractivity contribution in [2.24, 2.45) is 0 Å². The molecule has 0 radical (unpaired) electrons. The summed E-state index contributed by atoms with van der Waals surface area (Å²) in [6.07, 6.45) is 15.9. The molecule has 1 saturated carbocycles. The number of nitrogens with zero attached hydrogens (tertiary/aromatic N) is 1. The van der Waals surface area contributed by atoms with Crippen LogP contribution in [-0.4, -0.2) is 33.4 Å². The Hall–Kier alpha value is 0.339. The summed E-state index contributed by atoms with van der Waals surface area (Å²) in [5.74, 6) is 0. The average Bonchev–Trinajstić information content (AvgIpc) is 3.27. The van der Waals surface area contributed by atoms with Crippen molar-refractivity contribution in [3.05, 3.63) is 12.3 Å². The summed E-state index contributed by atoms with van der Waals surface area (Å²) < 4.78 is 5.84.